The normalized spacial score (nSPS) is 20.3. The maximum atomic E-state index is 12.2. The maximum absolute atomic E-state index is 12.2. The molecule has 23 heavy (non-hydrogen) atoms. The number of rotatable bonds is 5. The van der Waals surface area contributed by atoms with E-state index in [-0.39, 0.29) is 33.8 Å². The molecule has 1 fully saturated rings. The molecule has 2 N–H and O–H groups in total. The quantitative estimate of drug-likeness (QED) is 0.733. The summed E-state index contributed by atoms with van der Waals surface area (Å²) in [6.07, 6.45) is 0.367. The smallest absolute Gasteiger partial charge is 0.257 e. The number of sulfonamides is 1. The average Bonchev–Trinajstić information content (AvgIpc) is 2.78. The molecule has 1 aliphatic rings. The van der Waals surface area contributed by atoms with Gasteiger partial charge in [0, 0.05) is 11.4 Å². The van der Waals surface area contributed by atoms with Crippen LogP contribution in [0.4, 0.5) is 0 Å². The summed E-state index contributed by atoms with van der Waals surface area (Å²) in [5.74, 6) is -0.827. The largest absolute Gasteiger partial charge is 0.278 e. The van der Waals surface area contributed by atoms with Gasteiger partial charge in [-0.25, -0.2) is 16.8 Å². The minimum atomic E-state index is -3.95. The summed E-state index contributed by atoms with van der Waals surface area (Å²) < 4.78 is 47.0. The number of aryl methyl sites for hydroxylation is 1. The van der Waals surface area contributed by atoms with Crippen molar-refractivity contribution in [1.29, 1.82) is 0 Å². The fraction of sp³-hybridized carbons (Fsp3) is 0.462. The highest BCUT2D eigenvalue weighted by Crippen LogP contribution is 2.22. The summed E-state index contributed by atoms with van der Waals surface area (Å²) in [6.45, 7) is 1.61. The van der Waals surface area contributed by atoms with Crippen LogP contribution < -0.4 is 10.3 Å². The number of sulfone groups is 1. The lowest BCUT2D eigenvalue weighted by Gasteiger charge is -2.12. The van der Waals surface area contributed by atoms with Gasteiger partial charge in [-0.3, -0.25) is 10.2 Å². The Balaban J connectivity index is 1.97. The van der Waals surface area contributed by atoms with Gasteiger partial charge >= 0.3 is 0 Å². The SMILES string of the molecule is Cc1ccc(Cl)cc1S(=O)(=O)NNC(=O)CC1CCS(=O)(=O)C1. The van der Waals surface area contributed by atoms with Crippen molar-refractivity contribution in [1.82, 2.24) is 10.3 Å². The Morgan fingerprint density at radius 3 is 2.70 bits per heavy atom. The van der Waals surface area contributed by atoms with Crippen molar-refractivity contribution in [3.8, 4) is 0 Å². The van der Waals surface area contributed by atoms with Crippen LogP contribution in [0.3, 0.4) is 0 Å². The van der Waals surface area contributed by atoms with E-state index in [4.69, 9.17) is 11.6 Å². The number of amides is 1. The Morgan fingerprint density at radius 2 is 2.09 bits per heavy atom. The second kappa shape index (κ2) is 6.76. The first-order valence-corrected chi connectivity index (χ1v) is 10.5. The van der Waals surface area contributed by atoms with E-state index in [1.165, 1.54) is 6.07 Å². The molecule has 0 saturated carbocycles. The lowest BCUT2D eigenvalue weighted by molar-refractivity contribution is -0.122. The standard InChI is InChI=1S/C13H17ClN2O5S2/c1-9-2-3-11(14)7-12(9)23(20,21)16-15-13(17)6-10-4-5-22(18,19)8-10/h2-3,7,10,16H,4-6,8H2,1H3,(H,15,17). The predicted molar refractivity (Wildman–Crippen MR) is 86.0 cm³/mol. The summed E-state index contributed by atoms with van der Waals surface area (Å²) in [5.41, 5.74) is 2.59. The van der Waals surface area contributed by atoms with Crippen LogP contribution >= 0.6 is 11.6 Å². The van der Waals surface area contributed by atoms with Gasteiger partial charge in [0.2, 0.25) is 5.91 Å². The molecule has 0 aromatic heterocycles. The number of nitrogens with one attached hydrogen (secondary N) is 2. The van der Waals surface area contributed by atoms with Crippen molar-refractivity contribution in [2.75, 3.05) is 11.5 Å². The monoisotopic (exact) mass is 380 g/mol. The van der Waals surface area contributed by atoms with Gasteiger partial charge in [-0.1, -0.05) is 17.7 Å². The van der Waals surface area contributed by atoms with Gasteiger partial charge in [0.05, 0.1) is 16.4 Å². The van der Waals surface area contributed by atoms with Gasteiger partial charge < -0.3 is 0 Å². The first-order chi connectivity index (χ1) is 10.6. The second-order valence-electron chi connectivity index (χ2n) is 5.54. The fourth-order valence-electron chi connectivity index (χ4n) is 2.39. The Labute approximate surface area is 140 Å². The van der Waals surface area contributed by atoms with Crippen molar-refractivity contribution in [2.45, 2.75) is 24.7 Å². The predicted octanol–water partition coefficient (Wildman–Crippen LogP) is 0.783. The minimum Gasteiger partial charge on any atom is -0.278 e. The van der Waals surface area contributed by atoms with E-state index in [0.717, 1.165) is 0 Å². The van der Waals surface area contributed by atoms with E-state index in [1.54, 1.807) is 19.1 Å². The van der Waals surface area contributed by atoms with Crippen LogP contribution in [0.1, 0.15) is 18.4 Å². The lowest BCUT2D eigenvalue weighted by Crippen LogP contribution is -2.42. The van der Waals surface area contributed by atoms with Crippen LogP contribution in [0.15, 0.2) is 23.1 Å². The van der Waals surface area contributed by atoms with Gasteiger partial charge in [0.25, 0.3) is 10.0 Å². The third-order valence-electron chi connectivity index (χ3n) is 3.57. The zero-order chi connectivity index (χ0) is 17.3. The van der Waals surface area contributed by atoms with Crippen LogP contribution in [0.2, 0.25) is 5.02 Å². The topological polar surface area (TPSA) is 109 Å². The molecule has 1 aromatic carbocycles. The van der Waals surface area contributed by atoms with Crippen LogP contribution in [-0.4, -0.2) is 34.2 Å². The molecule has 1 unspecified atom stereocenters. The highest BCUT2D eigenvalue weighted by molar-refractivity contribution is 7.91. The molecule has 1 saturated heterocycles. The molecule has 0 spiro atoms. The number of halogens is 1. The number of hydrogen-bond acceptors (Lipinski definition) is 5. The van der Waals surface area contributed by atoms with Crippen LogP contribution in [0.5, 0.6) is 0 Å². The van der Waals surface area contributed by atoms with E-state index in [1.807, 2.05) is 4.83 Å². The Kier molecular flexibility index (Phi) is 5.34. The second-order valence-corrected chi connectivity index (χ2v) is 9.85. The van der Waals surface area contributed by atoms with Gasteiger partial charge in [-0.2, -0.15) is 0 Å². The van der Waals surface area contributed by atoms with Crippen molar-refractivity contribution < 1.29 is 21.6 Å². The zero-order valence-electron chi connectivity index (χ0n) is 12.4. The van der Waals surface area contributed by atoms with E-state index in [0.29, 0.717) is 12.0 Å². The molecule has 2 rings (SSSR count). The van der Waals surface area contributed by atoms with E-state index in [2.05, 4.69) is 5.43 Å². The zero-order valence-corrected chi connectivity index (χ0v) is 14.8. The highest BCUT2D eigenvalue weighted by Gasteiger charge is 2.29. The summed E-state index contributed by atoms with van der Waals surface area (Å²) in [6, 6.07) is 4.41. The van der Waals surface area contributed by atoms with Crippen molar-refractivity contribution in [3.05, 3.63) is 28.8 Å². The third kappa shape index (κ3) is 4.90. The molecule has 1 aliphatic heterocycles. The van der Waals surface area contributed by atoms with Crippen LogP contribution in [0.25, 0.3) is 0 Å². The number of benzene rings is 1. The molecule has 1 aromatic rings. The lowest BCUT2D eigenvalue weighted by atomic mass is 10.1. The number of hydrogen-bond donors (Lipinski definition) is 2. The Hall–Kier alpha value is -1.16. The summed E-state index contributed by atoms with van der Waals surface area (Å²) in [7, 11) is -7.02. The summed E-state index contributed by atoms with van der Waals surface area (Å²) >= 11 is 5.79. The Bertz CT molecular complexity index is 821. The van der Waals surface area contributed by atoms with Gasteiger partial charge in [-0.15, -0.1) is 4.83 Å². The molecule has 0 aliphatic carbocycles. The molecule has 0 radical (unpaired) electrons. The molecule has 10 heteroatoms. The molecule has 1 heterocycles. The summed E-state index contributed by atoms with van der Waals surface area (Å²) in [5, 5.41) is 0.262. The molecule has 1 amide bonds. The highest BCUT2D eigenvalue weighted by atomic mass is 35.5. The van der Waals surface area contributed by atoms with Crippen molar-refractivity contribution >= 4 is 37.4 Å². The average molecular weight is 381 g/mol. The first-order valence-electron chi connectivity index (χ1n) is 6.86. The molecular weight excluding hydrogens is 364 g/mol. The van der Waals surface area contributed by atoms with Gasteiger partial charge in [-0.05, 0) is 37.0 Å². The van der Waals surface area contributed by atoms with Gasteiger partial charge in [0.1, 0.15) is 0 Å². The number of hydrazine groups is 1. The number of carbonyl (C=O) groups is 1. The molecule has 7 nitrogen and oxygen atoms in total. The first kappa shape index (κ1) is 18.2. The molecule has 0 bridgehead atoms. The Morgan fingerprint density at radius 1 is 1.39 bits per heavy atom. The maximum Gasteiger partial charge on any atom is 0.257 e. The van der Waals surface area contributed by atoms with E-state index < -0.39 is 25.8 Å². The molecule has 128 valence electrons. The van der Waals surface area contributed by atoms with E-state index in [9.17, 15) is 21.6 Å². The number of carbonyl (C=O) groups excluding carboxylic acids is 1. The van der Waals surface area contributed by atoms with Gasteiger partial charge in [0.15, 0.2) is 9.84 Å². The van der Waals surface area contributed by atoms with E-state index >= 15 is 0 Å². The molecular formula is C13H17ClN2O5S2. The third-order valence-corrected chi connectivity index (χ3v) is 7.03. The van der Waals surface area contributed by atoms with Crippen molar-refractivity contribution in [3.63, 3.8) is 0 Å². The van der Waals surface area contributed by atoms with Crippen LogP contribution in [-0.2, 0) is 24.7 Å². The van der Waals surface area contributed by atoms with Crippen molar-refractivity contribution in [2.24, 2.45) is 5.92 Å². The minimum absolute atomic E-state index is 0.0336. The molecule has 1 atom stereocenters. The summed E-state index contributed by atoms with van der Waals surface area (Å²) in [4.78, 5) is 13.7. The van der Waals surface area contributed by atoms with Crippen LogP contribution in [0, 0.1) is 12.8 Å². The fourth-order valence-corrected chi connectivity index (χ4v) is 5.62.